The van der Waals surface area contributed by atoms with Gasteiger partial charge in [0.2, 0.25) is 0 Å². The van der Waals surface area contributed by atoms with Gasteiger partial charge in [0.25, 0.3) is 0 Å². The van der Waals surface area contributed by atoms with Crippen molar-refractivity contribution in [1.29, 1.82) is 0 Å². The number of aliphatic hydroxyl groups excluding tert-OH is 1. The zero-order chi connectivity index (χ0) is 15.4. The maximum atomic E-state index is 9.36. The predicted molar refractivity (Wildman–Crippen MR) is 86.6 cm³/mol. The molecule has 1 saturated heterocycles. The maximum absolute atomic E-state index is 9.36. The van der Waals surface area contributed by atoms with Gasteiger partial charge in [-0.25, -0.2) is 0 Å². The van der Waals surface area contributed by atoms with Crippen LogP contribution in [0.3, 0.4) is 0 Å². The van der Waals surface area contributed by atoms with Crippen molar-refractivity contribution in [2.45, 2.75) is 96.2 Å². The highest BCUT2D eigenvalue weighted by molar-refractivity contribution is 6.74. The molecule has 120 valence electrons. The maximum Gasteiger partial charge on any atom is 0.192 e. The molecule has 0 spiro atoms. The lowest BCUT2D eigenvalue weighted by atomic mass is 10.1. The van der Waals surface area contributed by atoms with E-state index in [0.717, 1.165) is 12.8 Å². The highest BCUT2D eigenvalue weighted by Crippen LogP contribution is 2.40. The first-order valence-corrected chi connectivity index (χ1v) is 11.1. The molecular formula is C16H34O3Si. The molecule has 0 aliphatic carbocycles. The Labute approximate surface area is 126 Å². The molecule has 0 unspecified atom stereocenters. The lowest BCUT2D eigenvalue weighted by Crippen LogP contribution is -2.45. The van der Waals surface area contributed by atoms with Gasteiger partial charge in [0.15, 0.2) is 8.32 Å². The molecule has 3 nitrogen and oxygen atoms in total. The monoisotopic (exact) mass is 302 g/mol. The van der Waals surface area contributed by atoms with Gasteiger partial charge in [0.05, 0.1) is 24.9 Å². The Bertz CT molecular complexity index is 286. The minimum absolute atomic E-state index is 0.0311. The number of rotatable bonds is 7. The average molecular weight is 303 g/mol. The van der Waals surface area contributed by atoms with Crippen LogP contribution in [0.15, 0.2) is 0 Å². The average Bonchev–Trinajstić information content (AvgIpc) is 2.70. The van der Waals surface area contributed by atoms with Crippen molar-refractivity contribution in [2.24, 2.45) is 0 Å². The second kappa shape index (κ2) is 7.39. The van der Waals surface area contributed by atoms with E-state index in [1.165, 1.54) is 19.3 Å². The highest BCUT2D eigenvalue weighted by atomic mass is 28.4. The highest BCUT2D eigenvalue weighted by Gasteiger charge is 2.44. The third kappa shape index (κ3) is 4.83. The Kier molecular flexibility index (Phi) is 6.70. The summed E-state index contributed by atoms with van der Waals surface area (Å²) in [6.07, 6.45) is 5.88. The molecule has 0 aromatic rings. The second-order valence-corrected chi connectivity index (χ2v) is 12.4. The van der Waals surface area contributed by atoms with Crippen LogP contribution in [0.4, 0.5) is 0 Å². The van der Waals surface area contributed by atoms with Gasteiger partial charge in [0, 0.05) is 6.42 Å². The number of unbranched alkanes of at least 4 members (excludes halogenated alkanes) is 2. The van der Waals surface area contributed by atoms with Gasteiger partial charge in [0.1, 0.15) is 0 Å². The van der Waals surface area contributed by atoms with Crippen LogP contribution in [0.5, 0.6) is 0 Å². The molecule has 0 bridgehead atoms. The summed E-state index contributed by atoms with van der Waals surface area (Å²) in [5, 5.41) is 9.58. The van der Waals surface area contributed by atoms with Gasteiger partial charge in [-0.1, -0.05) is 47.0 Å². The Morgan fingerprint density at radius 3 is 2.40 bits per heavy atom. The molecule has 20 heavy (non-hydrogen) atoms. The standard InChI is InChI=1S/C16H34O3Si/c1-7-8-9-10-14-15(11-13(12-17)18-14)19-20(5,6)16(2,3)4/h13-15,17H,7-12H2,1-6H3/t13-,14-,15-/m1/s1. The van der Waals surface area contributed by atoms with E-state index in [1.54, 1.807) is 0 Å². The van der Waals surface area contributed by atoms with Crippen molar-refractivity contribution in [3.05, 3.63) is 0 Å². The lowest BCUT2D eigenvalue weighted by Gasteiger charge is -2.39. The van der Waals surface area contributed by atoms with E-state index in [4.69, 9.17) is 9.16 Å². The van der Waals surface area contributed by atoms with Crippen LogP contribution < -0.4 is 0 Å². The Hall–Kier alpha value is 0.0969. The van der Waals surface area contributed by atoms with Crippen LogP contribution in [-0.4, -0.2) is 38.3 Å². The number of ether oxygens (including phenoxy) is 1. The summed E-state index contributed by atoms with van der Waals surface area (Å²) < 4.78 is 12.5. The summed E-state index contributed by atoms with van der Waals surface area (Å²) in [6.45, 7) is 13.7. The molecule has 1 aliphatic rings. The second-order valence-electron chi connectivity index (χ2n) is 7.63. The van der Waals surface area contributed by atoms with Crippen LogP contribution in [0.25, 0.3) is 0 Å². The topological polar surface area (TPSA) is 38.7 Å². The van der Waals surface area contributed by atoms with Crippen molar-refractivity contribution in [1.82, 2.24) is 0 Å². The molecule has 0 amide bonds. The molecule has 1 N–H and O–H groups in total. The summed E-state index contributed by atoms with van der Waals surface area (Å²) in [6, 6.07) is 0. The first-order valence-electron chi connectivity index (χ1n) is 8.15. The smallest absolute Gasteiger partial charge is 0.192 e. The van der Waals surface area contributed by atoms with Gasteiger partial charge in [-0.3, -0.25) is 0 Å². The first kappa shape index (κ1) is 18.1. The van der Waals surface area contributed by atoms with E-state index in [0.29, 0.717) is 0 Å². The zero-order valence-corrected chi connectivity index (χ0v) is 15.2. The molecule has 1 rings (SSSR count). The number of aliphatic hydroxyl groups is 1. The molecule has 0 aromatic carbocycles. The van der Waals surface area contributed by atoms with E-state index >= 15 is 0 Å². The molecule has 1 fully saturated rings. The van der Waals surface area contributed by atoms with E-state index in [-0.39, 0.29) is 30.0 Å². The summed E-state index contributed by atoms with van der Waals surface area (Å²) in [4.78, 5) is 0. The summed E-state index contributed by atoms with van der Waals surface area (Å²) in [5.74, 6) is 0. The fourth-order valence-corrected chi connectivity index (χ4v) is 3.81. The van der Waals surface area contributed by atoms with E-state index in [9.17, 15) is 5.11 Å². The van der Waals surface area contributed by atoms with Crippen molar-refractivity contribution in [2.75, 3.05) is 6.61 Å². The minimum atomic E-state index is -1.76. The fourth-order valence-electron chi connectivity index (χ4n) is 2.45. The number of hydrogen-bond acceptors (Lipinski definition) is 3. The Morgan fingerprint density at radius 1 is 1.25 bits per heavy atom. The quantitative estimate of drug-likeness (QED) is 0.568. The van der Waals surface area contributed by atoms with Crippen molar-refractivity contribution in [3.63, 3.8) is 0 Å². The number of hydrogen-bond donors (Lipinski definition) is 1. The lowest BCUT2D eigenvalue weighted by molar-refractivity contribution is -0.0120. The van der Waals surface area contributed by atoms with Crippen LogP contribution in [0.2, 0.25) is 18.1 Å². The van der Waals surface area contributed by atoms with Gasteiger partial charge in [-0.2, -0.15) is 0 Å². The minimum Gasteiger partial charge on any atom is -0.411 e. The van der Waals surface area contributed by atoms with Crippen LogP contribution in [0.1, 0.15) is 59.8 Å². The van der Waals surface area contributed by atoms with E-state index in [2.05, 4.69) is 40.8 Å². The third-order valence-electron chi connectivity index (χ3n) is 4.83. The molecular weight excluding hydrogens is 268 g/mol. The zero-order valence-electron chi connectivity index (χ0n) is 14.2. The summed E-state index contributed by atoms with van der Waals surface area (Å²) >= 11 is 0. The summed E-state index contributed by atoms with van der Waals surface area (Å²) in [7, 11) is -1.76. The molecule has 4 heteroatoms. The predicted octanol–water partition coefficient (Wildman–Crippen LogP) is 4.11. The molecule has 3 atom stereocenters. The van der Waals surface area contributed by atoms with Gasteiger partial charge >= 0.3 is 0 Å². The van der Waals surface area contributed by atoms with E-state index < -0.39 is 8.32 Å². The fraction of sp³-hybridized carbons (Fsp3) is 1.00. The SMILES string of the molecule is CCCCC[C@H]1O[C@@H](CO)C[C@H]1O[Si](C)(C)C(C)(C)C. The van der Waals surface area contributed by atoms with Gasteiger partial charge in [-0.15, -0.1) is 0 Å². The van der Waals surface area contributed by atoms with Crippen LogP contribution in [-0.2, 0) is 9.16 Å². The van der Waals surface area contributed by atoms with Gasteiger partial charge < -0.3 is 14.3 Å². The first-order chi connectivity index (χ1) is 9.21. The summed E-state index contributed by atoms with van der Waals surface area (Å²) in [5.41, 5.74) is 0. The third-order valence-corrected chi connectivity index (χ3v) is 9.33. The molecule has 1 aliphatic heterocycles. The van der Waals surface area contributed by atoms with Crippen LogP contribution in [0, 0.1) is 0 Å². The Balaban J connectivity index is 2.64. The molecule has 0 aromatic heterocycles. The molecule has 0 saturated carbocycles. The van der Waals surface area contributed by atoms with Gasteiger partial charge in [-0.05, 0) is 24.6 Å². The van der Waals surface area contributed by atoms with Crippen molar-refractivity contribution >= 4 is 8.32 Å². The molecule has 1 heterocycles. The van der Waals surface area contributed by atoms with Crippen molar-refractivity contribution < 1.29 is 14.3 Å². The molecule has 0 radical (unpaired) electrons. The van der Waals surface area contributed by atoms with E-state index in [1.807, 2.05) is 0 Å². The normalized spacial score (nSPS) is 28.1. The largest absolute Gasteiger partial charge is 0.411 e. The Morgan fingerprint density at radius 2 is 1.90 bits per heavy atom. The van der Waals surface area contributed by atoms with Crippen LogP contribution >= 0.6 is 0 Å². The van der Waals surface area contributed by atoms with Crippen molar-refractivity contribution in [3.8, 4) is 0 Å².